The Balaban J connectivity index is 2.13. The average Bonchev–Trinajstić information content (AvgIpc) is 2.45. The van der Waals surface area contributed by atoms with Crippen molar-refractivity contribution in [1.82, 2.24) is 10.2 Å². The zero-order valence-corrected chi connectivity index (χ0v) is 13.0. The highest BCUT2D eigenvalue weighted by molar-refractivity contribution is 6.31. The van der Waals surface area contributed by atoms with Crippen LogP contribution in [0.3, 0.4) is 0 Å². The molecule has 1 fully saturated rings. The van der Waals surface area contributed by atoms with E-state index in [4.69, 9.17) is 11.6 Å². The maximum absolute atomic E-state index is 12.5. The maximum Gasteiger partial charge on any atom is 0.223 e. The van der Waals surface area contributed by atoms with Crippen molar-refractivity contribution in [2.24, 2.45) is 5.92 Å². The third-order valence-corrected chi connectivity index (χ3v) is 4.11. The van der Waals surface area contributed by atoms with Crippen LogP contribution >= 0.6 is 11.6 Å². The molecule has 1 amide bonds. The number of rotatable bonds is 4. The summed E-state index contributed by atoms with van der Waals surface area (Å²) in [7, 11) is 0. The van der Waals surface area contributed by atoms with Gasteiger partial charge in [-0.05, 0) is 24.0 Å². The van der Waals surface area contributed by atoms with Crippen molar-refractivity contribution in [2.45, 2.75) is 32.7 Å². The molecular formula is C16H23ClN2O. The third kappa shape index (κ3) is 3.74. The molecule has 0 spiro atoms. The minimum atomic E-state index is 0.0529. The van der Waals surface area contributed by atoms with E-state index < -0.39 is 0 Å². The maximum atomic E-state index is 12.5. The summed E-state index contributed by atoms with van der Waals surface area (Å²) < 4.78 is 0. The summed E-state index contributed by atoms with van der Waals surface area (Å²) in [6.45, 7) is 6.69. The topological polar surface area (TPSA) is 32.3 Å². The van der Waals surface area contributed by atoms with E-state index in [9.17, 15) is 4.79 Å². The zero-order chi connectivity index (χ0) is 14.5. The molecule has 1 aromatic carbocycles. The first kappa shape index (κ1) is 15.3. The van der Waals surface area contributed by atoms with E-state index in [1.54, 1.807) is 0 Å². The first-order valence-electron chi connectivity index (χ1n) is 7.34. The summed E-state index contributed by atoms with van der Waals surface area (Å²) in [4.78, 5) is 14.4. The predicted octanol–water partition coefficient (Wildman–Crippen LogP) is 3.25. The number of nitrogens with zero attached hydrogens (tertiary/aromatic N) is 1. The lowest BCUT2D eigenvalue weighted by molar-refractivity contribution is -0.134. The molecule has 1 aromatic rings. The lowest BCUT2D eigenvalue weighted by Crippen LogP contribution is -2.48. The normalized spacial score (nSPS) is 19.4. The van der Waals surface area contributed by atoms with Crippen LogP contribution in [0.5, 0.6) is 0 Å². The van der Waals surface area contributed by atoms with Crippen LogP contribution in [0.4, 0.5) is 0 Å². The van der Waals surface area contributed by atoms with E-state index >= 15 is 0 Å². The average molecular weight is 295 g/mol. The molecule has 0 radical (unpaired) electrons. The van der Waals surface area contributed by atoms with Crippen molar-refractivity contribution in [3.8, 4) is 0 Å². The predicted molar refractivity (Wildman–Crippen MR) is 82.8 cm³/mol. The molecule has 1 heterocycles. The van der Waals surface area contributed by atoms with Gasteiger partial charge in [-0.15, -0.1) is 0 Å². The number of amides is 1. The molecule has 0 aliphatic carbocycles. The third-order valence-electron chi connectivity index (χ3n) is 3.76. The van der Waals surface area contributed by atoms with Gasteiger partial charge in [-0.3, -0.25) is 4.79 Å². The molecule has 1 aliphatic rings. The van der Waals surface area contributed by atoms with Gasteiger partial charge in [-0.2, -0.15) is 0 Å². The monoisotopic (exact) mass is 294 g/mol. The van der Waals surface area contributed by atoms with E-state index in [0.29, 0.717) is 12.3 Å². The fourth-order valence-electron chi connectivity index (χ4n) is 2.58. The van der Waals surface area contributed by atoms with Gasteiger partial charge in [0.2, 0.25) is 5.91 Å². The van der Waals surface area contributed by atoms with E-state index in [-0.39, 0.29) is 11.9 Å². The van der Waals surface area contributed by atoms with Crippen molar-refractivity contribution in [3.63, 3.8) is 0 Å². The van der Waals surface area contributed by atoms with Gasteiger partial charge in [0.25, 0.3) is 0 Å². The Morgan fingerprint density at radius 2 is 2.20 bits per heavy atom. The van der Waals surface area contributed by atoms with Gasteiger partial charge in [-0.25, -0.2) is 0 Å². The fourth-order valence-corrected chi connectivity index (χ4v) is 2.84. The first-order chi connectivity index (χ1) is 9.59. The van der Waals surface area contributed by atoms with Gasteiger partial charge in [0.1, 0.15) is 0 Å². The molecule has 0 saturated carbocycles. The molecule has 2 rings (SSSR count). The molecule has 1 saturated heterocycles. The zero-order valence-electron chi connectivity index (χ0n) is 12.2. The number of carbonyl (C=O) groups excluding carboxylic acids is 1. The quantitative estimate of drug-likeness (QED) is 0.924. The SMILES string of the molecule is CC(C)CCC(=O)N1CCNCC1c1ccccc1Cl. The number of nitrogens with one attached hydrogen (secondary N) is 1. The number of benzene rings is 1. The molecule has 0 aromatic heterocycles. The van der Waals surface area contributed by atoms with Gasteiger partial charge in [-0.1, -0.05) is 43.6 Å². The minimum absolute atomic E-state index is 0.0529. The molecule has 20 heavy (non-hydrogen) atoms. The molecule has 1 N–H and O–H groups in total. The molecular weight excluding hydrogens is 272 g/mol. The molecule has 0 bridgehead atoms. The van der Waals surface area contributed by atoms with Gasteiger partial charge >= 0.3 is 0 Å². The Labute approximate surface area is 126 Å². The van der Waals surface area contributed by atoms with Crippen molar-refractivity contribution in [1.29, 1.82) is 0 Å². The van der Waals surface area contributed by atoms with Gasteiger partial charge in [0.15, 0.2) is 0 Å². The van der Waals surface area contributed by atoms with Gasteiger partial charge in [0, 0.05) is 31.1 Å². The summed E-state index contributed by atoms with van der Waals surface area (Å²) >= 11 is 6.29. The highest BCUT2D eigenvalue weighted by atomic mass is 35.5. The molecule has 1 unspecified atom stereocenters. The molecule has 1 atom stereocenters. The summed E-state index contributed by atoms with van der Waals surface area (Å²) in [6, 6.07) is 7.86. The number of halogens is 1. The molecule has 3 nitrogen and oxygen atoms in total. The highest BCUT2D eigenvalue weighted by Gasteiger charge is 2.28. The van der Waals surface area contributed by atoms with Gasteiger partial charge in [0.05, 0.1) is 6.04 Å². The molecule has 4 heteroatoms. The van der Waals surface area contributed by atoms with Crippen LogP contribution in [0, 0.1) is 5.92 Å². The Morgan fingerprint density at radius 3 is 2.90 bits per heavy atom. The largest absolute Gasteiger partial charge is 0.333 e. The Bertz CT molecular complexity index is 462. The smallest absolute Gasteiger partial charge is 0.223 e. The van der Waals surface area contributed by atoms with E-state index in [0.717, 1.165) is 36.6 Å². The van der Waals surface area contributed by atoms with Crippen LogP contribution in [0.2, 0.25) is 5.02 Å². The number of carbonyl (C=O) groups is 1. The summed E-state index contributed by atoms with van der Waals surface area (Å²) in [5, 5.41) is 4.10. The summed E-state index contributed by atoms with van der Waals surface area (Å²) in [5.41, 5.74) is 1.04. The molecule has 110 valence electrons. The second-order valence-electron chi connectivity index (χ2n) is 5.76. The second-order valence-corrected chi connectivity index (χ2v) is 6.17. The fraction of sp³-hybridized carbons (Fsp3) is 0.562. The standard InChI is InChI=1S/C16H23ClN2O/c1-12(2)7-8-16(20)19-10-9-18-11-15(19)13-5-3-4-6-14(13)17/h3-6,12,15,18H,7-11H2,1-2H3. The van der Waals surface area contributed by atoms with Gasteiger partial charge < -0.3 is 10.2 Å². The number of hydrogen-bond acceptors (Lipinski definition) is 2. The number of hydrogen-bond donors (Lipinski definition) is 1. The van der Waals surface area contributed by atoms with Crippen molar-refractivity contribution < 1.29 is 4.79 Å². The lowest BCUT2D eigenvalue weighted by Gasteiger charge is -2.37. The lowest BCUT2D eigenvalue weighted by atomic mass is 10.0. The van der Waals surface area contributed by atoms with Crippen molar-refractivity contribution in [3.05, 3.63) is 34.9 Å². The first-order valence-corrected chi connectivity index (χ1v) is 7.72. The summed E-state index contributed by atoms with van der Waals surface area (Å²) in [5.74, 6) is 0.797. The second kappa shape index (κ2) is 7.09. The van der Waals surface area contributed by atoms with Crippen molar-refractivity contribution >= 4 is 17.5 Å². The number of piperazine rings is 1. The Kier molecular flexibility index (Phi) is 5.44. The van der Waals surface area contributed by atoms with Crippen molar-refractivity contribution in [2.75, 3.05) is 19.6 Å². The summed E-state index contributed by atoms with van der Waals surface area (Å²) in [6.07, 6.45) is 1.57. The van der Waals surface area contributed by atoms with Crippen LogP contribution in [-0.4, -0.2) is 30.4 Å². The van der Waals surface area contributed by atoms with Crippen LogP contribution < -0.4 is 5.32 Å². The van der Waals surface area contributed by atoms with Crippen LogP contribution in [0.1, 0.15) is 38.3 Å². The molecule has 1 aliphatic heterocycles. The van der Waals surface area contributed by atoms with E-state index in [1.165, 1.54) is 0 Å². The van der Waals surface area contributed by atoms with Crippen LogP contribution in [0.25, 0.3) is 0 Å². The minimum Gasteiger partial charge on any atom is -0.333 e. The Hall–Kier alpha value is -1.06. The van der Waals surface area contributed by atoms with E-state index in [1.807, 2.05) is 29.2 Å². The van der Waals surface area contributed by atoms with Crippen LogP contribution in [0.15, 0.2) is 24.3 Å². The van der Waals surface area contributed by atoms with E-state index in [2.05, 4.69) is 19.2 Å². The Morgan fingerprint density at radius 1 is 1.45 bits per heavy atom. The highest BCUT2D eigenvalue weighted by Crippen LogP contribution is 2.29. The van der Waals surface area contributed by atoms with Crippen LogP contribution in [-0.2, 0) is 4.79 Å².